The molecule has 0 saturated carbocycles. The third kappa shape index (κ3) is 4.99. The highest BCUT2D eigenvalue weighted by molar-refractivity contribution is 7.13. The van der Waals surface area contributed by atoms with Crippen molar-refractivity contribution in [1.29, 1.82) is 0 Å². The maximum atomic E-state index is 11.8. The van der Waals surface area contributed by atoms with Gasteiger partial charge in [0.15, 0.2) is 0 Å². The van der Waals surface area contributed by atoms with Crippen LogP contribution >= 0.6 is 11.3 Å². The fraction of sp³-hybridized carbons (Fsp3) is 0.467. The van der Waals surface area contributed by atoms with Crippen LogP contribution in [0.4, 0.5) is 0 Å². The van der Waals surface area contributed by atoms with Gasteiger partial charge in [-0.15, -0.1) is 11.3 Å². The first-order chi connectivity index (χ1) is 10.0. The third-order valence-corrected chi connectivity index (χ3v) is 3.87. The SMILES string of the molecule is CC(O)CC(C)CNC(=O)Cc1coc(-c2cccs2)n1. The Labute approximate surface area is 128 Å². The third-order valence-electron chi connectivity index (χ3n) is 3.02. The predicted octanol–water partition coefficient (Wildman–Crippen LogP) is 2.47. The molecule has 0 radical (unpaired) electrons. The number of thiophene rings is 1. The molecule has 0 saturated heterocycles. The summed E-state index contributed by atoms with van der Waals surface area (Å²) >= 11 is 1.55. The number of oxazole rings is 1. The van der Waals surface area contributed by atoms with Crippen molar-refractivity contribution in [2.75, 3.05) is 6.54 Å². The molecule has 6 heteroatoms. The van der Waals surface area contributed by atoms with Crippen LogP contribution in [0.2, 0.25) is 0 Å². The standard InChI is InChI=1S/C15H20N2O3S/c1-10(6-11(2)18)8-16-14(19)7-12-9-20-15(17-12)13-4-3-5-21-13/h3-5,9-11,18H,6-8H2,1-2H3,(H,16,19). The van der Waals surface area contributed by atoms with E-state index in [4.69, 9.17) is 4.42 Å². The van der Waals surface area contributed by atoms with E-state index in [0.29, 0.717) is 24.6 Å². The minimum atomic E-state index is -0.346. The monoisotopic (exact) mass is 308 g/mol. The van der Waals surface area contributed by atoms with E-state index in [0.717, 1.165) is 4.88 Å². The van der Waals surface area contributed by atoms with Crippen LogP contribution < -0.4 is 5.32 Å². The average molecular weight is 308 g/mol. The number of nitrogens with one attached hydrogen (secondary N) is 1. The maximum Gasteiger partial charge on any atom is 0.236 e. The van der Waals surface area contributed by atoms with E-state index < -0.39 is 0 Å². The molecule has 2 unspecified atom stereocenters. The van der Waals surface area contributed by atoms with Crippen LogP contribution in [0.25, 0.3) is 10.8 Å². The predicted molar refractivity (Wildman–Crippen MR) is 82.0 cm³/mol. The Hall–Kier alpha value is -1.66. The number of aliphatic hydroxyl groups is 1. The van der Waals surface area contributed by atoms with Gasteiger partial charge in [-0.25, -0.2) is 4.98 Å². The summed E-state index contributed by atoms with van der Waals surface area (Å²) in [4.78, 5) is 17.1. The van der Waals surface area contributed by atoms with Crippen molar-refractivity contribution in [2.45, 2.75) is 32.8 Å². The van der Waals surface area contributed by atoms with Crippen molar-refractivity contribution in [2.24, 2.45) is 5.92 Å². The summed E-state index contributed by atoms with van der Waals surface area (Å²) in [6.45, 7) is 4.30. The molecule has 2 atom stereocenters. The van der Waals surface area contributed by atoms with Crippen molar-refractivity contribution in [3.63, 3.8) is 0 Å². The van der Waals surface area contributed by atoms with Crippen LogP contribution in [-0.4, -0.2) is 28.6 Å². The molecule has 21 heavy (non-hydrogen) atoms. The highest BCUT2D eigenvalue weighted by Crippen LogP contribution is 2.23. The minimum Gasteiger partial charge on any atom is -0.444 e. The molecular weight excluding hydrogens is 288 g/mol. The van der Waals surface area contributed by atoms with Crippen LogP contribution in [0.3, 0.4) is 0 Å². The Balaban J connectivity index is 1.80. The molecular formula is C15H20N2O3S. The number of hydrogen-bond acceptors (Lipinski definition) is 5. The summed E-state index contributed by atoms with van der Waals surface area (Å²) < 4.78 is 5.37. The zero-order valence-corrected chi connectivity index (χ0v) is 13.0. The summed E-state index contributed by atoms with van der Waals surface area (Å²) in [5.41, 5.74) is 0.624. The molecule has 0 aliphatic heterocycles. The van der Waals surface area contributed by atoms with Gasteiger partial charge in [0.2, 0.25) is 11.8 Å². The molecule has 0 aliphatic carbocycles. The minimum absolute atomic E-state index is 0.0847. The largest absolute Gasteiger partial charge is 0.444 e. The summed E-state index contributed by atoms with van der Waals surface area (Å²) in [6, 6.07) is 3.86. The van der Waals surface area contributed by atoms with Crippen LogP contribution in [0.15, 0.2) is 28.2 Å². The van der Waals surface area contributed by atoms with Gasteiger partial charge in [0.05, 0.1) is 23.1 Å². The number of hydrogen-bond donors (Lipinski definition) is 2. The normalized spacial score (nSPS) is 13.9. The number of carbonyl (C=O) groups is 1. The van der Waals surface area contributed by atoms with Gasteiger partial charge < -0.3 is 14.8 Å². The Kier molecular flexibility index (Phi) is 5.52. The second kappa shape index (κ2) is 7.38. The van der Waals surface area contributed by atoms with E-state index in [2.05, 4.69) is 10.3 Å². The van der Waals surface area contributed by atoms with Crippen molar-refractivity contribution in [3.05, 3.63) is 29.5 Å². The quantitative estimate of drug-likeness (QED) is 0.824. The highest BCUT2D eigenvalue weighted by Gasteiger charge is 2.12. The van der Waals surface area contributed by atoms with E-state index in [1.54, 1.807) is 18.3 Å². The van der Waals surface area contributed by atoms with E-state index in [1.165, 1.54) is 6.26 Å². The van der Waals surface area contributed by atoms with Gasteiger partial charge in [0, 0.05) is 6.54 Å². The van der Waals surface area contributed by atoms with E-state index in [9.17, 15) is 9.90 Å². The van der Waals surface area contributed by atoms with Crippen molar-refractivity contribution in [1.82, 2.24) is 10.3 Å². The molecule has 0 bridgehead atoms. The number of aliphatic hydroxyl groups excluding tert-OH is 1. The molecule has 2 aromatic heterocycles. The van der Waals surface area contributed by atoms with Gasteiger partial charge in [-0.05, 0) is 30.7 Å². The molecule has 0 aromatic carbocycles. The number of rotatable bonds is 7. The molecule has 2 rings (SSSR count). The van der Waals surface area contributed by atoms with Crippen molar-refractivity contribution < 1.29 is 14.3 Å². The Bertz CT molecular complexity index is 563. The zero-order valence-electron chi connectivity index (χ0n) is 12.2. The molecule has 2 N–H and O–H groups in total. The number of carbonyl (C=O) groups excluding carboxylic acids is 1. The molecule has 0 spiro atoms. The molecule has 2 heterocycles. The lowest BCUT2D eigenvalue weighted by atomic mass is 10.0. The lowest BCUT2D eigenvalue weighted by Gasteiger charge is -2.13. The Morgan fingerprint density at radius 3 is 3.00 bits per heavy atom. The highest BCUT2D eigenvalue weighted by atomic mass is 32.1. The van der Waals surface area contributed by atoms with Crippen LogP contribution in [-0.2, 0) is 11.2 Å². The summed E-state index contributed by atoms with van der Waals surface area (Å²) in [7, 11) is 0. The van der Waals surface area contributed by atoms with Gasteiger partial charge in [0.25, 0.3) is 0 Å². The molecule has 5 nitrogen and oxygen atoms in total. The molecule has 1 amide bonds. The van der Waals surface area contributed by atoms with Crippen LogP contribution in [0.5, 0.6) is 0 Å². The van der Waals surface area contributed by atoms with E-state index in [1.807, 2.05) is 24.4 Å². The summed E-state index contributed by atoms with van der Waals surface area (Å²) in [5, 5.41) is 14.1. The topological polar surface area (TPSA) is 75.4 Å². The summed E-state index contributed by atoms with van der Waals surface area (Å²) in [6.07, 6.45) is 2.05. The van der Waals surface area contributed by atoms with Crippen LogP contribution in [0, 0.1) is 5.92 Å². The lowest BCUT2D eigenvalue weighted by molar-refractivity contribution is -0.120. The molecule has 2 aromatic rings. The van der Waals surface area contributed by atoms with Gasteiger partial charge in [-0.3, -0.25) is 4.79 Å². The molecule has 0 aliphatic rings. The molecule has 114 valence electrons. The fourth-order valence-electron chi connectivity index (χ4n) is 2.08. The van der Waals surface area contributed by atoms with Gasteiger partial charge in [0.1, 0.15) is 6.26 Å². The average Bonchev–Trinajstić information content (AvgIpc) is 3.05. The van der Waals surface area contributed by atoms with Gasteiger partial charge in [-0.1, -0.05) is 13.0 Å². The van der Waals surface area contributed by atoms with Crippen LogP contribution in [0.1, 0.15) is 26.0 Å². The smallest absolute Gasteiger partial charge is 0.236 e. The first kappa shape index (κ1) is 15.7. The number of nitrogens with zero attached hydrogens (tertiary/aromatic N) is 1. The fourth-order valence-corrected chi connectivity index (χ4v) is 2.74. The Morgan fingerprint density at radius 1 is 1.52 bits per heavy atom. The zero-order chi connectivity index (χ0) is 15.2. The van der Waals surface area contributed by atoms with Gasteiger partial charge >= 0.3 is 0 Å². The van der Waals surface area contributed by atoms with E-state index in [-0.39, 0.29) is 24.3 Å². The Morgan fingerprint density at radius 2 is 2.33 bits per heavy atom. The van der Waals surface area contributed by atoms with Crippen molar-refractivity contribution in [3.8, 4) is 10.8 Å². The second-order valence-electron chi connectivity index (χ2n) is 5.29. The number of aromatic nitrogens is 1. The second-order valence-corrected chi connectivity index (χ2v) is 6.24. The number of amides is 1. The van der Waals surface area contributed by atoms with Crippen molar-refractivity contribution >= 4 is 17.2 Å². The molecule has 0 fully saturated rings. The van der Waals surface area contributed by atoms with Gasteiger partial charge in [-0.2, -0.15) is 0 Å². The summed E-state index contributed by atoms with van der Waals surface area (Å²) in [5.74, 6) is 0.710. The lowest BCUT2D eigenvalue weighted by Crippen LogP contribution is -2.30. The first-order valence-electron chi connectivity index (χ1n) is 6.97. The maximum absolute atomic E-state index is 11.8. The first-order valence-corrected chi connectivity index (χ1v) is 7.85. The van der Waals surface area contributed by atoms with E-state index >= 15 is 0 Å².